The van der Waals surface area contributed by atoms with Crippen LogP contribution in [0.25, 0.3) is 0 Å². The van der Waals surface area contributed by atoms with Crippen LogP contribution in [0.15, 0.2) is 34.9 Å². The Morgan fingerprint density at radius 3 is 2.79 bits per heavy atom. The van der Waals surface area contributed by atoms with Gasteiger partial charge in [-0.3, -0.25) is 10.5 Å². The Bertz CT molecular complexity index is 744. The lowest BCUT2D eigenvalue weighted by Gasteiger charge is -2.32. The number of anilines is 1. The van der Waals surface area contributed by atoms with Crippen LogP contribution in [0.5, 0.6) is 0 Å². The molecule has 0 aromatic carbocycles. The molecule has 2 aromatic heterocycles. The fourth-order valence-electron chi connectivity index (χ4n) is 3.15. The maximum atomic E-state index is 12.7. The van der Waals surface area contributed by atoms with Gasteiger partial charge in [0.1, 0.15) is 11.5 Å². The van der Waals surface area contributed by atoms with Crippen LogP contribution in [0.2, 0.25) is 0 Å². The molecule has 1 fully saturated rings. The van der Waals surface area contributed by atoms with Crippen LogP contribution in [0.1, 0.15) is 48.2 Å². The van der Waals surface area contributed by atoms with Crippen molar-refractivity contribution in [3.8, 4) is 0 Å². The van der Waals surface area contributed by atoms with E-state index in [1.807, 2.05) is 19.2 Å². The van der Waals surface area contributed by atoms with Crippen LogP contribution >= 0.6 is 15.9 Å². The smallest absolute Gasteiger partial charge is 0.215 e. The summed E-state index contributed by atoms with van der Waals surface area (Å²) in [5, 5.41) is 0. The molecule has 1 aliphatic rings. The summed E-state index contributed by atoms with van der Waals surface area (Å²) in [5.41, 5.74) is 8.46. The van der Waals surface area contributed by atoms with E-state index in [1.165, 1.54) is 38.3 Å². The fraction of sp³-hybridized carbons (Fsp3) is 0.389. The first kappa shape index (κ1) is 16.9. The van der Waals surface area contributed by atoms with Gasteiger partial charge in [0, 0.05) is 23.8 Å². The molecular formula is C18H20BrN4O. The first-order valence-corrected chi connectivity index (χ1v) is 8.97. The van der Waals surface area contributed by atoms with E-state index in [4.69, 9.17) is 5.73 Å². The number of carbonyl (C=O) groups is 1. The molecule has 0 bridgehead atoms. The minimum Gasteiger partial charge on any atom is -0.357 e. The van der Waals surface area contributed by atoms with Gasteiger partial charge in [0.15, 0.2) is 5.82 Å². The van der Waals surface area contributed by atoms with Crippen molar-refractivity contribution in [1.82, 2.24) is 15.7 Å². The van der Waals surface area contributed by atoms with Crippen molar-refractivity contribution in [3.63, 3.8) is 0 Å². The van der Waals surface area contributed by atoms with Crippen LogP contribution in [-0.2, 0) is 0 Å². The SMILES string of the molecule is CN(c1cccc(C(=O)c2cc(Br)cnc2[NH])n1)C1CCCCC1. The van der Waals surface area contributed by atoms with Gasteiger partial charge >= 0.3 is 0 Å². The predicted octanol–water partition coefficient (Wildman–Crippen LogP) is 4.15. The number of hydrogen-bond acceptors (Lipinski definition) is 4. The number of carbonyl (C=O) groups excluding carboxylic acids is 1. The molecule has 24 heavy (non-hydrogen) atoms. The van der Waals surface area contributed by atoms with Crippen LogP contribution < -0.4 is 10.6 Å². The van der Waals surface area contributed by atoms with Crippen molar-refractivity contribution in [2.75, 3.05) is 11.9 Å². The molecule has 1 N–H and O–H groups in total. The number of pyridine rings is 2. The van der Waals surface area contributed by atoms with Gasteiger partial charge in [0.25, 0.3) is 0 Å². The van der Waals surface area contributed by atoms with E-state index < -0.39 is 0 Å². The zero-order valence-corrected chi connectivity index (χ0v) is 15.2. The molecule has 0 unspecified atom stereocenters. The van der Waals surface area contributed by atoms with Gasteiger partial charge in [-0.15, -0.1) is 0 Å². The van der Waals surface area contributed by atoms with E-state index in [0.717, 1.165) is 5.82 Å². The van der Waals surface area contributed by atoms with Crippen molar-refractivity contribution < 1.29 is 4.79 Å². The standard InChI is InChI=1S/C18H20BrN4O/c1-23(13-6-3-2-4-7-13)16-9-5-8-15(22-16)17(24)14-10-12(19)11-21-18(14)20/h5,8-11,13,20H,2-4,6-7H2,1H3. The number of nitrogens with one attached hydrogen (secondary N) is 1. The van der Waals surface area contributed by atoms with E-state index in [-0.39, 0.29) is 17.2 Å². The minimum absolute atomic E-state index is 0.0314. The summed E-state index contributed by atoms with van der Waals surface area (Å²) in [6.07, 6.45) is 7.66. The zero-order valence-electron chi connectivity index (χ0n) is 13.6. The van der Waals surface area contributed by atoms with E-state index >= 15 is 0 Å². The molecule has 0 aliphatic heterocycles. The highest BCUT2D eigenvalue weighted by atomic mass is 79.9. The van der Waals surface area contributed by atoms with Crippen molar-refractivity contribution in [2.45, 2.75) is 38.1 Å². The number of ketones is 1. The molecule has 3 rings (SSSR count). The highest BCUT2D eigenvalue weighted by molar-refractivity contribution is 9.10. The van der Waals surface area contributed by atoms with Crippen molar-refractivity contribution in [3.05, 3.63) is 46.2 Å². The van der Waals surface area contributed by atoms with E-state index in [1.54, 1.807) is 12.1 Å². The second-order valence-electron chi connectivity index (χ2n) is 6.16. The van der Waals surface area contributed by atoms with Crippen molar-refractivity contribution in [1.29, 1.82) is 0 Å². The number of nitrogens with zero attached hydrogens (tertiary/aromatic N) is 3. The Hall–Kier alpha value is -1.95. The molecule has 5 nitrogen and oxygen atoms in total. The maximum Gasteiger partial charge on any atom is 0.215 e. The second kappa shape index (κ2) is 7.30. The number of aromatic nitrogens is 2. The van der Waals surface area contributed by atoms with E-state index in [0.29, 0.717) is 16.2 Å². The summed E-state index contributed by atoms with van der Waals surface area (Å²) in [5.74, 6) is 0.506. The van der Waals surface area contributed by atoms with Crippen LogP contribution in [0.4, 0.5) is 11.6 Å². The molecule has 0 spiro atoms. The third-order valence-electron chi connectivity index (χ3n) is 4.55. The predicted molar refractivity (Wildman–Crippen MR) is 97.6 cm³/mol. The van der Waals surface area contributed by atoms with Gasteiger partial charge in [-0.05, 0) is 47.0 Å². The summed E-state index contributed by atoms with van der Waals surface area (Å²) in [7, 11) is 2.04. The third-order valence-corrected chi connectivity index (χ3v) is 4.98. The molecule has 6 heteroatoms. The topological polar surface area (TPSA) is 69.9 Å². The zero-order chi connectivity index (χ0) is 17.1. The molecule has 0 saturated heterocycles. The molecule has 1 saturated carbocycles. The Labute approximate surface area is 150 Å². The Kier molecular flexibility index (Phi) is 5.14. The molecule has 1 radical (unpaired) electrons. The molecular weight excluding hydrogens is 368 g/mol. The largest absolute Gasteiger partial charge is 0.357 e. The van der Waals surface area contributed by atoms with Gasteiger partial charge in [-0.2, -0.15) is 0 Å². The van der Waals surface area contributed by atoms with Crippen LogP contribution in [0, 0.1) is 0 Å². The summed E-state index contributed by atoms with van der Waals surface area (Å²) in [6, 6.07) is 7.59. The lowest BCUT2D eigenvalue weighted by molar-refractivity contribution is 0.103. The summed E-state index contributed by atoms with van der Waals surface area (Å²) >= 11 is 3.30. The Morgan fingerprint density at radius 2 is 2.04 bits per heavy atom. The monoisotopic (exact) mass is 387 g/mol. The first-order valence-electron chi connectivity index (χ1n) is 8.18. The number of halogens is 1. The minimum atomic E-state index is -0.271. The van der Waals surface area contributed by atoms with Gasteiger partial charge in [-0.1, -0.05) is 25.3 Å². The normalized spacial score (nSPS) is 15.2. The van der Waals surface area contributed by atoms with Gasteiger partial charge < -0.3 is 4.90 Å². The maximum absolute atomic E-state index is 12.7. The van der Waals surface area contributed by atoms with E-state index in [2.05, 4.69) is 30.8 Å². The Morgan fingerprint density at radius 1 is 1.29 bits per heavy atom. The summed E-state index contributed by atoms with van der Waals surface area (Å²) in [4.78, 5) is 23.3. The molecule has 0 amide bonds. The molecule has 2 heterocycles. The number of hydrogen-bond donors (Lipinski definition) is 0. The Balaban J connectivity index is 1.87. The summed E-state index contributed by atoms with van der Waals surface area (Å²) in [6.45, 7) is 0. The molecule has 125 valence electrons. The fourth-order valence-corrected chi connectivity index (χ4v) is 3.48. The van der Waals surface area contributed by atoms with Crippen molar-refractivity contribution >= 4 is 33.3 Å². The van der Waals surface area contributed by atoms with Crippen molar-refractivity contribution in [2.24, 2.45) is 0 Å². The van der Waals surface area contributed by atoms with Gasteiger partial charge in [0.05, 0.1) is 5.56 Å². The van der Waals surface area contributed by atoms with Gasteiger partial charge in [-0.25, -0.2) is 9.97 Å². The summed E-state index contributed by atoms with van der Waals surface area (Å²) < 4.78 is 0.678. The first-order chi connectivity index (χ1) is 11.6. The second-order valence-corrected chi connectivity index (χ2v) is 7.08. The lowest BCUT2D eigenvalue weighted by Crippen LogP contribution is -2.34. The molecule has 1 aliphatic carbocycles. The quantitative estimate of drug-likeness (QED) is 0.738. The van der Waals surface area contributed by atoms with Crippen LogP contribution in [-0.4, -0.2) is 28.8 Å². The highest BCUT2D eigenvalue weighted by Gasteiger charge is 2.21. The highest BCUT2D eigenvalue weighted by Crippen LogP contribution is 2.26. The lowest BCUT2D eigenvalue weighted by atomic mass is 9.94. The van der Waals surface area contributed by atoms with E-state index in [9.17, 15) is 4.79 Å². The molecule has 0 atom stereocenters. The third kappa shape index (κ3) is 3.59. The average Bonchev–Trinajstić information content (AvgIpc) is 2.63. The number of rotatable bonds is 4. The van der Waals surface area contributed by atoms with Crippen LogP contribution in [0.3, 0.4) is 0 Å². The average molecular weight is 388 g/mol. The van der Waals surface area contributed by atoms with Gasteiger partial charge in [0.2, 0.25) is 5.78 Å². The molecule has 2 aromatic rings.